The topological polar surface area (TPSA) is 102 Å². The van der Waals surface area contributed by atoms with E-state index in [1.54, 1.807) is 41.3 Å². The molecule has 1 heterocycles. The Labute approximate surface area is 222 Å². The van der Waals surface area contributed by atoms with Gasteiger partial charge in [0, 0.05) is 17.1 Å². The first-order valence-electron chi connectivity index (χ1n) is 11.2. The molecule has 0 aromatic heterocycles. The Hall–Kier alpha value is -3.82. The number of benzene rings is 3. The third-order valence-electron chi connectivity index (χ3n) is 5.79. The van der Waals surface area contributed by atoms with Crippen LogP contribution in [0.2, 0.25) is 5.02 Å². The molecular weight excluding hydrogens is 516 g/mol. The van der Waals surface area contributed by atoms with Gasteiger partial charge in [-0.3, -0.25) is 9.59 Å². The molecule has 1 N–H and O–H groups in total. The van der Waals surface area contributed by atoms with Crippen LogP contribution in [0.4, 0.5) is 5.69 Å². The van der Waals surface area contributed by atoms with E-state index in [1.807, 2.05) is 12.1 Å². The van der Waals surface area contributed by atoms with E-state index in [1.165, 1.54) is 44.2 Å². The molecule has 8 nitrogen and oxygen atoms in total. The second kappa shape index (κ2) is 11.5. The fraction of sp³-hybridized carbons (Fsp3) is 0.185. The van der Waals surface area contributed by atoms with Crippen molar-refractivity contribution in [3.63, 3.8) is 0 Å². The molecule has 0 spiro atoms. The lowest BCUT2D eigenvalue weighted by atomic mass is 10.1. The molecule has 2 amide bonds. The standard InChI is InChI=1S/C27H23ClN2O6S/c1-35-26(33)19-9-12-21(27(34)36-2)22(13-19)29-24(32)17-5-7-18(8-6-17)25-30(23(31)15-37-25)14-16-3-10-20(28)11-4-16/h3-13,25H,14-15H2,1-2H3,(H,29,32)/t25-/m1/s1. The highest BCUT2D eigenvalue weighted by Crippen LogP contribution is 2.39. The summed E-state index contributed by atoms with van der Waals surface area (Å²) in [7, 11) is 2.46. The van der Waals surface area contributed by atoms with Crippen LogP contribution in [0.25, 0.3) is 0 Å². The van der Waals surface area contributed by atoms with Crippen molar-refractivity contribution in [3.05, 3.63) is 99.6 Å². The van der Waals surface area contributed by atoms with E-state index >= 15 is 0 Å². The van der Waals surface area contributed by atoms with Gasteiger partial charge in [-0.05, 0) is 53.6 Å². The summed E-state index contributed by atoms with van der Waals surface area (Å²) in [6, 6.07) is 18.4. The minimum absolute atomic E-state index is 0.0348. The Morgan fingerprint density at radius 1 is 0.946 bits per heavy atom. The van der Waals surface area contributed by atoms with E-state index in [4.69, 9.17) is 21.1 Å². The molecule has 190 valence electrons. The van der Waals surface area contributed by atoms with Crippen LogP contribution in [-0.4, -0.2) is 48.6 Å². The Kier molecular flexibility index (Phi) is 8.15. The van der Waals surface area contributed by atoms with Crippen LogP contribution in [0.15, 0.2) is 66.7 Å². The maximum atomic E-state index is 13.0. The number of rotatable bonds is 7. The van der Waals surface area contributed by atoms with Crippen molar-refractivity contribution in [2.45, 2.75) is 11.9 Å². The monoisotopic (exact) mass is 538 g/mol. The van der Waals surface area contributed by atoms with Gasteiger partial charge in [-0.25, -0.2) is 9.59 Å². The predicted octanol–water partition coefficient (Wildman–Crippen LogP) is 4.94. The van der Waals surface area contributed by atoms with Crippen molar-refractivity contribution in [2.24, 2.45) is 0 Å². The molecule has 3 aromatic rings. The van der Waals surface area contributed by atoms with Gasteiger partial charge >= 0.3 is 11.9 Å². The van der Waals surface area contributed by atoms with Gasteiger partial charge in [0.15, 0.2) is 0 Å². The third-order valence-corrected chi connectivity index (χ3v) is 7.29. The number of hydrogen-bond donors (Lipinski definition) is 1. The van der Waals surface area contributed by atoms with Crippen molar-refractivity contribution in [1.29, 1.82) is 0 Å². The summed E-state index contributed by atoms with van der Waals surface area (Å²) in [6.45, 7) is 0.447. The summed E-state index contributed by atoms with van der Waals surface area (Å²) in [5.74, 6) is -1.35. The summed E-state index contributed by atoms with van der Waals surface area (Å²) in [6.07, 6.45) is 0. The molecule has 0 bridgehead atoms. The highest BCUT2D eigenvalue weighted by atomic mass is 35.5. The maximum Gasteiger partial charge on any atom is 0.339 e. The largest absolute Gasteiger partial charge is 0.465 e. The first-order chi connectivity index (χ1) is 17.8. The van der Waals surface area contributed by atoms with Crippen molar-refractivity contribution in [3.8, 4) is 0 Å². The molecule has 1 fully saturated rings. The Bertz CT molecular complexity index is 1340. The van der Waals surface area contributed by atoms with Crippen LogP contribution < -0.4 is 5.32 Å². The molecule has 0 radical (unpaired) electrons. The number of esters is 2. The zero-order valence-corrected chi connectivity index (χ0v) is 21.6. The summed E-state index contributed by atoms with van der Waals surface area (Å²) in [5, 5.41) is 3.12. The normalized spacial score (nSPS) is 14.8. The number of hydrogen-bond acceptors (Lipinski definition) is 7. The Morgan fingerprint density at radius 3 is 2.24 bits per heavy atom. The second-order valence-corrected chi connectivity index (χ2v) is 9.64. The first-order valence-corrected chi connectivity index (χ1v) is 12.6. The van der Waals surface area contributed by atoms with Crippen LogP contribution in [0.5, 0.6) is 0 Å². The Morgan fingerprint density at radius 2 is 1.59 bits per heavy atom. The highest BCUT2D eigenvalue weighted by Gasteiger charge is 2.32. The van der Waals surface area contributed by atoms with E-state index in [9.17, 15) is 19.2 Å². The van der Waals surface area contributed by atoms with Crippen molar-refractivity contribution in [2.75, 3.05) is 25.3 Å². The molecule has 0 unspecified atom stereocenters. The lowest BCUT2D eigenvalue weighted by Crippen LogP contribution is -2.27. The van der Waals surface area contributed by atoms with E-state index < -0.39 is 17.8 Å². The lowest BCUT2D eigenvalue weighted by molar-refractivity contribution is -0.128. The zero-order chi connectivity index (χ0) is 26.5. The lowest BCUT2D eigenvalue weighted by Gasteiger charge is -2.24. The fourth-order valence-corrected chi connectivity index (χ4v) is 5.18. The molecule has 0 saturated carbocycles. The summed E-state index contributed by atoms with van der Waals surface area (Å²) >= 11 is 7.49. The number of halogens is 1. The highest BCUT2D eigenvalue weighted by molar-refractivity contribution is 8.00. The molecule has 3 aromatic carbocycles. The summed E-state index contributed by atoms with van der Waals surface area (Å²) in [5.41, 5.74) is 2.57. The van der Waals surface area contributed by atoms with Gasteiger partial charge in [0.05, 0.1) is 36.8 Å². The number of anilines is 1. The van der Waals surface area contributed by atoms with Gasteiger partial charge in [0.1, 0.15) is 5.37 Å². The number of carbonyl (C=O) groups is 4. The summed E-state index contributed by atoms with van der Waals surface area (Å²) < 4.78 is 9.51. The third kappa shape index (κ3) is 5.95. The van der Waals surface area contributed by atoms with E-state index in [-0.39, 0.29) is 28.1 Å². The maximum absolute atomic E-state index is 13.0. The van der Waals surface area contributed by atoms with Crippen molar-refractivity contribution in [1.82, 2.24) is 4.90 Å². The van der Waals surface area contributed by atoms with Crippen LogP contribution in [0, 0.1) is 0 Å². The second-order valence-electron chi connectivity index (χ2n) is 8.13. The Balaban J connectivity index is 1.52. The molecular formula is C27H23ClN2O6S. The van der Waals surface area contributed by atoms with Crippen molar-refractivity contribution < 1.29 is 28.7 Å². The van der Waals surface area contributed by atoms with Gasteiger partial charge in [-0.2, -0.15) is 0 Å². The molecule has 1 aliphatic heterocycles. The number of methoxy groups -OCH3 is 2. The predicted molar refractivity (Wildman–Crippen MR) is 141 cm³/mol. The molecule has 10 heteroatoms. The number of nitrogens with one attached hydrogen (secondary N) is 1. The van der Waals surface area contributed by atoms with E-state index in [0.29, 0.717) is 22.9 Å². The van der Waals surface area contributed by atoms with Crippen LogP contribution in [0.3, 0.4) is 0 Å². The minimum Gasteiger partial charge on any atom is -0.465 e. The average Bonchev–Trinajstić information content (AvgIpc) is 3.28. The number of nitrogens with zero attached hydrogens (tertiary/aromatic N) is 1. The minimum atomic E-state index is -0.661. The average molecular weight is 539 g/mol. The van der Waals surface area contributed by atoms with Crippen LogP contribution >= 0.6 is 23.4 Å². The van der Waals surface area contributed by atoms with Gasteiger partial charge in [-0.1, -0.05) is 35.9 Å². The van der Waals surface area contributed by atoms with Crippen LogP contribution in [0.1, 0.15) is 47.6 Å². The molecule has 1 atom stereocenters. The van der Waals surface area contributed by atoms with E-state index in [0.717, 1.165) is 11.1 Å². The SMILES string of the molecule is COC(=O)c1ccc(C(=O)OC)c(NC(=O)c2ccc([C@H]3SCC(=O)N3Cc3ccc(Cl)cc3)cc2)c1. The zero-order valence-electron chi connectivity index (χ0n) is 20.0. The fourth-order valence-electron chi connectivity index (χ4n) is 3.86. The molecule has 1 saturated heterocycles. The summed E-state index contributed by atoms with van der Waals surface area (Å²) in [4.78, 5) is 51.4. The van der Waals surface area contributed by atoms with Crippen molar-refractivity contribution >= 4 is 52.8 Å². The molecule has 4 rings (SSSR count). The quantitative estimate of drug-likeness (QED) is 0.425. The molecule has 1 aliphatic rings. The number of thioether (sulfide) groups is 1. The first kappa shape index (κ1) is 26.2. The van der Waals surface area contributed by atoms with E-state index in [2.05, 4.69) is 5.32 Å². The van der Waals surface area contributed by atoms with Gasteiger partial charge in [0.25, 0.3) is 5.91 Å². The smallest absolute Gasteiger partial charge is 0.339 e. The van der Waals surface area contributed by atoms with Gasteiger partial charge in [0.2, 0.25) is 5.91 Å². The molecule has 37 heavy (non-hydrogen) atoms. The number of carbonyl (C=O) groups excluding carboxylic acids is 4. The number of amides is 2. The van der Waals surface area contributed by atoms with Crippen LogP contribution in [-0.2, 0) is 20.8 Å². The van der Waals surface area contributed by atoms with Gasteiger partial charge < -0.3 is 19.7 Å². The van der Waals surface area contributed by atoms with Gasteiger partial charge in [-0.15, -0.1) is 11.8 Å². The molecule has 0 aliphatic carbocycles. The number of ether oxygens (including phenoxy) is 2.